The maximum Gasteiger partial charge on any atom is 0.404 e. The van der Waals surface area contributed by atoms with E-state index in [9.17, 15) is 19.2 Å². The van der Waals surface area contributed by atoms with Gasteiger partial charge in [-0.05, 0) is 109 Å². The van der Waals surface area contributed by atoms with Crippen LogP contribution >= 0.6 is 22.7 Å². The van der Waals surface area contributed by atoms with Crippen molar-refractivity contribution in [3.8, 4) is 10.0 Å². The maximum atomic E-state index is 13.8. The molecule has 0 bridgehead atoms. The molecule has 0 aliphatic heterocycles. The van der Waals surface area contributed by atoms with E-state index in [4.69, 9.17) is 34.6 Å². The lowest BCUT2D eigenvalue weighted by Gasteiger charge is -2.35. The highest BCUT2D eigenvalue weighted by Crippen LogP contribution is 2.46. The van der Waals surface area contributed by atoms with Crippen molar-refractivity contribution in [3.05, 3.63) is 46.5 Å². The molecule has 2 aliphatic rings. The Morgan fingerprint density at radius 3 is 1.78 bits per heavy atom. The zero-order valence-electron chi connectivity index (χ0n) is 32.2. The lowest BCUT2D eigenvalue weighted by Crippen LogP contribution is -2.36. The summed E-state index contributed by atoms with van der Waals surface area (Å²) in [7, 11) is 0. The fraction of sp³-hybridized carbons (Fsp3) is 0.561. The number of nitrogens with zero attached hydrogens (tertiary/aromatic N) is 2. The molecular weight excluding hydrogens is 727 g/mol. The van der Waals surface area contributed by atoms with E-state index in [-0.39, 0.29) is 42.0 Å². The highest BCUT2D eigenvalue weighted by molar-refractivity contribution is 7.27. The quantitative estimate of drug-likeness (QED) is 0.115. The highest BCUT2D eigenvalue weighted by atomic mass is 32.1. The normalized spacial score (nSPS) is 22.6. The number of esters is 3. The number of aryl methyl sites for hydroxylation is 2. The van der Waals surface area contributed by atoms with Crippen LogP contribution in [0.4, 0.5) is 4.79 Å². The molecule has 13 heteroatoms. The molecular formula is C41H51N3O8S2. The number of nitrogens with two attached hydrogens (primary N) is 1. The molecule has 0 saturated heterocycles. The van der Waals surface area contributed by atoms with Crippen LogP contribution in [0.25, 0.3) is 30.4 Å². The van der Waals surface area contributed by atoms with Crippen molar-refractivity contribution in [2.24, 2.45) is 17.6 Å². The van der Waals surface area contributed by atoms with E-state index in [1.165, 1.54) is 23.8 Å². The monoisotopic (exact) mass is 777 g/mol. The minimum Gasteiger partial charge on any atom is -0.463 e. The van der Waals surface area contributed by atoms with Crippen LogP contribution in [0, 0.1) is 25.7 Å². The molecule has 2 N–H and O–H groups in total. The van der Waals surface area contributed by atoms with Gasteiger partial charge in [0.2, 0.25) is 0 Å². The summed E-state index contributed by atoms with van der Waals surface area (Å²) in [5.41, 5.74) is 8.73. The second-order valence-corrected chi connectivity index (χ2v) is 17.3. The van der Waals surface area contributed by atoms with E-state index < -0.39 is 17.3 Å². The van der Waals surface area contributed by atoms with E-state index in [1.54, 1.807) is 11.3 Å². The molecule has 290 valence electrons. The average molecular weight is 778 g/mol. The zero-order chi connectivity index (χ0) is 38.9. The van der Waals surface area contributed by atoms with Gasteiger partial charge in [0.05, 0.1) is 32.3 Å². The molecule has 1 amide bonds. The number of primary amides is 1. The lowest BCUT2D eigenvalue weighted by atomic mass is 9.85. The van der Waals surface area contributed by atoms with Gasteiger partial charge in [-0.2, -0.15) is 0 Å². The Morgan fingerprint density at radius 2 is 1.24 bits per heavy atom. The van der Waals surface area contributed by atoms with Crippen molar-refractivity contribution >= 4 is 67.1 Å². The second-order valence-electron chi connectivity index (χ2n) is 15.3. The fourth-order valence-corrected chi connectivity index (χ4v) is 10.3. The van der Waals surface area contributed by atoms with Crippen molar-refractivity contribution in [2.75, 3.05) is 0 Å². The second kappa shape index (κ2) is 15.9. The van der Waals surface area contributed by atoms with E-state index in [0.717, 1.165) is 41.6 Å². The zero-order valence-corrected chi connectivity index (χ0v) is 33.9. The first-order chi connectivity index (χ1) is 25.6. The first kappa shape index (κ1) is 39.6. The van der Waals surface area contributed by atoms with Crippen molar-refractivity contribution in [1.29, 1.82) is 0 Å². The van der Waals surface area contributed by atoms with Crippen LogP contribution in [0.1, 0.15) is 121 Å². The molecule has 2 aromatic carbocycles. The van der Waals surface area contributed by atoms with Crippen LogP contribution in [-0.2, 0) is 44.5 Å². The molecule has 2 aromatic heterocycles. The fourth-order valence-electron chi connectivity index (χ4n) is 7.88. The molecule has 2 aliphatic carbocycles. The molecule has 2 fully saturated rings. The van der Waals surface area contributed by atoms with Crippen molar-refractivity contribution in [2.45, 2.75) is 136 Å². The molecule has 54 heavy (non-hydrogen) atoms. The molecule has 2 saturated carbocycles. The van der Waals surface area contributed by atoms with Crippen LogP contribution in [-0.4, -0.2) is 46.2 Å². The van der Waals surface area contributed by atoms with Gasteiger partial charge in [0, 0.05) is 18.1 Å². The molecule has 2 heterocycles. The summed E-state index contributed by atoms with van der Waals surface area (Å²) in [4.78, 5) is 60.6. The van der Waals surface area contributed by atoms with E-state index in [1.807, 2.05) is 39.8 Å². The predicted molar refractivity (Wildman–Crippen MR) is 209 cm³/mol. The van der Waals surface area contributed by atoms with E-state index in [2.05, 4.69) is 26.0 Å². The Labute approximate surface area is 324 Å². The number of benzene rings is 2. The molecule has 0 spiro atoms. The predicted octanol–water partition coefficient (Wildman–Crippen LogP) is 9.30. The Bertz CT molecular complexity index is 1960. The Balaban J connectivity index is 1.36. The summed E-state index contributed by atoms with van der Waals surface area (Å²) < 4.78 is 25.4. The summed E-state index contributed by atoms with van der Waals surface area (Å²) in [5, 5.41) is 1.53. The lowest BCUT2D eigenvalue weighted by molar-refractivity contribution is -0.168. The first-order valence-corrected chi connectivity index (χ1v) is 20.7. The van der Waals surface area contributed by atoms with Crippen molar-refractivity contribution in [1.82, 2.24) is 9.97 Å². The smallest absolute Gasteiger partial charge is 0.404 e. The van der Waals surface area contributed by atoms with Crippen LogP contribution in [0.15, 0.2) is 24.3 Å². The number of carbonyl (C=O) groups excluding carboxylic acids is 4. The number of carbonyl (C=O) groups is 4. The number of rotatable bonds is 11. The Morgan fingerprint density at radius 1 is 0.741 bits per heavy atom. The number of ether oxygens (including phenoxy) is 4. The van der Waals surface area contributed by atoms with Gasteiger partial charge in [-0.25, -0.2) is 14.8 Å². The first-order valence-electron chi connectivity index (χ1n) is 19.0. The van der Waals surface area contributed by atoms with Gasteiger partial charge >= 0.3 is 24.0 Å². The molecule has 4 aromatic rings. The number of aromatic nitrogens is 2. The summed E-state index contributed by atoms with van der Waals surface area (Å²) >= 11 is 3.10. The van der Waals surface area contributed by atoms with Gasteiger partial charge in [0.25, 0.3) is 0 Å². The number of hydrogen-bond donors (Lipinski definition) is 1. The molecule has 2 unspecified atom stereocenters. The number of hydrogen-bond acceptors (Lipinski definition) is 12. The maximum absolute atomic E-state index is 13.8. The van der Waals surface area contributed by atoms with Gasteiger partial charge in [0.1, 0.15) is 23.4 Å². The molecule has 6 rings (SSSR count). The van der Waals surface area contributed by atoms with Gasteiger partial charge in [-0.3, -0.25) is 14.4 Å². The van der Waals surface area contributed by atoms with Crippen molar-refractivity contribution < 1.29 is 38.1 Å². The summed E-state index contributed by atoms with van der Waals surface area (Å²) in [6.07, 6.45) is 4.33. The van der Waals surface area contributed by atoms with Crippen LogP contribution in [0.2, 0.25) is 0 Å². The molecule has 11 nitrogen and oxygen atoms in total. The SMILES string of the molecule is CCC(C)(OC(=O)C1CCC(OC(N)=O)CC1)c1ccc(C(C)(CC)OC(=O)C2CCC(OC(C)=O)CC2)c2sc(-c3nc4c(C)cc(C)cc4s3)nc12. The number of fused-ring (bicyclic) bond motifs is 2. The topological polar surface area (TPSA) is 157 Å². The van der Waals surface area contributed by atoms with E-state index >= 15 is 0 Å². The third-order valence-electron chi connectivity index (χ3n) is 11.3. The van der Waals surface area contributed by atoms with Gasteiger partial charge < -0.3 is 24.7 Å². The summed E-state index contributed by atoms with van der Waals surface area (Å²) in [6, 6.07) is 8.23. The van der Waals surface area contributed by atoms with Crippen molar-refractivity contribution in [3.63, 3.8) is 0 Å². The Hall–Kier alpha value is -4.10. The minimum absolute atomic E-state index is 0.171. The largest absolute Gasteiger partial charge is 0.463 e. The van der Waals surface area contributed by atoms with Gasteiger partial charge in [0.15, 0.2) is 10.0 Å². The summed E-state index contributed by atoms with van der Waals surface area (Å²) in [5.74, 6) is -1.48. The number of thiazole rings is 2. The van der Waals surface area contributed by atoms with E-state index in [0.29, 0.717) is 69.7 Å². The summed E-state index contributed by atoms with van der Waals surface area (Å²) in [6.45, 7) is 13.4. The third-order valence-corrected chi connectivity index (χ3v) is 13.6. The van der Waals surface area contributed by atoms with Crippen LogP contribution < -0.4 is 5.73 Å². The molecule has 2 atom stereocenters. The minimum atomic E-state index is -1.01. The van der Waals surface area contributed by atoms with Gasteiger partial charge in [-0.15, -0.1) is 22.7 Å². The van der Waals surface area contributed by atoms with Gasteiger partial charge in [-0.1, -0.05) is 32.0 Å². The standard InChI is InChI=1S/C41H51N3O8S2/c1-8-40(6,51-37(46)26-12-16-28(17-13-26)50-39(42)48)29-18-19-30(41(7,9-2)52-38(47)25-10-14-27(15-11-25)49-24(5)45)34-33(29)44-36(54-34)35-43-32-23(4)20-22(3)21-31(32)53-35/h18-21,25-28H,8-17H2,1-7H3,(H2,42,48). The third kappa shape index (κ3) is 8.27. The highest BCUT2D eigenvalue weighted by Gasteiger charge is 2.40. The Kier molecular flexibility index (Phi) is 11.7. The number of amides is 1. The average Bonchev–Trinajstić information content (AvgIpc) is 3.76. The van der Waals surface area contributed by atoms with Crippen LogP contribution in [0.5, 0.6) is 0 Å². The van der Waals surface area contributed by atoms with Crippen LogP contribution in [0.3, 0.4) is 0 Å². The molecule has 0 radical (unpaired) electrons.